The molecule has 4 heteroatoms. The van der Waals surface area contributed by atoms with Crippen molar-refractivity contribution in [1.29, 1.82) is 0 Å². The van der Waals surface area contributed by atoms with Crippen LogP contribution in [0.1, 0.15) is 24.0 Å². The Kier molecular flexibility index (Phi) is 2.56. The molecule has 1 aliphatic heterocycles. The zero-order valence-electron chi connectivity index (χ0n) is 8.60. The number of aliphatic hydroxyl groups excluding tert-OH is 1. The van der Waals surface area contributed by atoms with E-state index >= 15 is 0 Å². The van der Waals surface area contributed by atoms with Crippen LogP contribution >= 0.6 is 0 Å². The molecule has 1 N–H and O–H groups in total. The molecule has 1 heterocycles. The van der Waals surface area contributed by atoms with Crippen molar-refractivity contribution in [2.75, 3.05) is 12.4 Å². The molecule has 0 aliphatic carbocycles. The number of hydrogen-bond donors (Lipinski definition) is 1. The first kappa shape index (κ1) is 10.6. The summed E-state index contributed by atoms with van der Waals surface area (Å²) in [5.74, 6) is 0.213. The van der Waals surface area contributed by atoms with Gasteiger partial charge in [0.1, 0.15) is 0 Å². The number of rotatable bonds is 2. The van der Waals surface area contributed by atoms with Gasteiger partial charge in [-0.25, -0.2) is 8.42 Å². The average molecular weight is 226 g/mol. The number of aliphatic hydroxyl groups is 1. The minimum Gasteiger partial charge on any atom is -0.396 e. The first-order chi connectivity index (χ1) is 7.04. The summed E-state index contributed by atoms with van der Waals surface area (Å²) in [6, 6.07) is 5.47. The van der Waals surface area contributed by atoms with Crippen molar-refractivity contribution >= 4 is 9.84 Å². The molecular formula is C11H14O3S. The first-order valence-electron chi connectivity index (χ1n) is 5.01. The molecule has 1 aromatic rings. The van der Waals surface area contributed by atoms with Crippen LogP contribution < -0.4 is 0 Å². The molecule has 82 valence electrons. The Morgan fingerprint density at radius 3 is 2.87 bits per heavy atom. The van der Waals surface area contributed by atoms with Crippen LogP contribution in [0.25, 0.3) is 0 Å². The van der Waals surface area contributed by atoms with Gasteiger partial charge in [-0.3, -0.25) is 0 Å². The van der Waals surface area contributed by atoms with Crippen molar-refractivity contribution in [3.63, 3.8) is 0 Å². The molecule has 0 radical (unpaired) electrons. The number of benzene rings is 1. The highest BCUT2D eigenvalue weighted by Crippen LogP contribution is 2.29. The summed E-state index contributed by atoms with van der Waals surface area (Å²) in [7, 11) is -3.05. The molecule has 0 fully saturated rings. The van der Waals surface area contributed by atoms with Gasteiger partial charge in [0.15, 0.2) is 9.84 Å². The largest absolute Gasteiger partial charge is 0.396 e. The second-order valence-corrected chi connectivity index (χ2v) is 6.10. The molecule has 1 aliphatic rings. The maximum absolute atomic E-state index is 11.7. The zero-order valence-corrected chi connectivity index (χ0v) is 9.42. The van der Waals surface area contributed by atoms with Crippen LogP contribution in [-0.4, -0.2) is 25.9 Å². The van der Waals surface area contributed by atoms with E-state index in [0.29, 0.717) is 11.3 Å². The van der Waals surface area contributed by atoms with Gasteiger partial charge in [0.05, 0.1) is 10.6 Å². The SMILES string of the molecule is CC(CO)c1ccc2c(c1)S(=O)(=O)CC2. The quantitative estimate of drug-likeness (QED) is 0.822. The zero-order chi connectivity index (χ0) is 11.1. The Morgan fingerprint density at radius 1 is 1.47 bits per heavy atom. The Labute approximate surface area is 89.7 Å². The maximum Gasteiger partial charge on any atom is 0.178 e. The standard InChI is InChI=1S/C11H14O3S/c1-8(7-12)10-3-2-9-4-5-15(13,14)11(9)6-10/h2-3,6,8,12H,4-5,7H2,1H3. The van der Waals surface area contributed by atoms with Crippen molar-refractivity contribution in [3.05, 3.63) is 29.3 Å². The molecule has 0 spiro atoms. The molecule has 1 aromatic carbocycles. The second-order valence-electron chi connectivity index (χ2n) is 4.02. The third-order valence-electron chi connectivity index (χ3n) is 2.91. The van der Waals surface area contributed by atoms with E-state index in [2.05, 4.69) is 0 Å². The topological polar surface area (TPSA) is 54.4 Å². The molecule has 0 amide bonds. The summed E-state index contributed by atoms with van der Waals surface area (Å²) >= 11 is 0. The highest BCUT2D eigenvalue weighted by atomic mass is 32.2. The van der Waals surface area contributed by atoms with Crippen LogP contribution in [0.4, 0.5) is 0 Å². The average Bonchev–Trinajstić information content (AvgIpc) is 2.53. The monoisotopic (exact) mass is 226 g/mol. The van der Waals surface area contributed by atoms with Gasteiger partial charge >= 0.3 is 0 Å². The van der Waals surface area contributed by atoms with E-state index < -0.39 is 9.84 Å². The summed E-state index contributed by atoms with van der Waals surface area (Å²) in [6.07, 6.45) is 0.617. The number of sulfone groups is 1. The van der Waals surface area contributed by atoms with Crippen molar-refractivity contribution in [1.82, 2.24) is 0 Å². The first-order valence-corrected chi connectivity index (χ1v) is 6.66. The fraction of sp³-hybridized carbons (Fsp3) is 0.455. The molecule has 0 aromatic heterocycles. The number of aryl methyl sites for hydroxylation is 1. The molecule has 0 saturated carbocycles. The van der Waals surface area contributed by atoms with E-state index in [4.69, 9.17) is 5.11 Å². The van der Waals surface area contributed by atoms with E-state index in [0.717, 1.165) is 11.1 Å². The van der Waals surface area contributed by atoms with Crippen molar-refractivity contribution in [3.8, 4) is 0 Å². The van der Waals surface area contributed by atoms with Gasteiger partial charge in [0, 0.05) is 12.5 Å². The lowest BCUT2D eigenvalue weighted by atomic mass is 10.0. The van der Waals surface area contributed by atoms with Gasteiger partial charge in [-0.2, -0.15) is 0 Å². The fourth-order valence-corrected chi connectivity index (χ4v) is 3.43. The molecule has 2 rings (SSSR count). The van der Waals surface area contributed by atoms with E-state index in [1.54, 1.807) is 6.07 Å². The van der Waals surface area contributed by atoms with Crippen LogP contribution in [0, 0.1) is 0 Å². The van der Waals surface area contributed by atoms with Crippen LogP contribution in [0.2, 0.25) is 0 Å². The Balaban J connectivity index is 2.51. The van der Waals surface area contributed by atoms with Gasteiger partial charge < -0.3 is 5.11 Å². The van der Waals surface area contributed by atoms with Crippen LogP contribution in [-0.2, 0) is 16.3 Å². The normalized spacial score (nSPS) is 19.9. The van der Waals surface area contributed by atoms with E-state index in [-0.39, 0.29) is 18.3 Å². The van der Waals surface area contributed by atoms with Crippen molar-refractivity contribution in [2.45, 2.75) is 24.2 Å². The smallest absolute Gasteiger partial charge is 0.178 e. The van der Waals surface area contributed by atoms with E-state index in [1.807, 2.05) is 19.1 Å². The number of hydrogen-bond acceptors (Lipinski definition) is 3. The summed E-state index contributed by atoms with van der Waals surface area (Å²) < 4.78 is 23.3. The highest BCUT2D eigenvalue weighted by molar-refractivity contribution is 7.91. The number of fused-ring (bicyclic) bond motifs is 1. The Bertz CT molecular complexity index is 477. The highest BCUT2D eigenvalue weighted by Gasteiger charge is 2.26. The lowest BCUT2D eigenvalue weighted by Crippen LogP contribution is -2.02. The Hall–Kier alpha value is -0.870. The van der Waals surface area contributed by atoms with Gasteiger partial charge in [0.2, 0.25) is 0 Å². The molecule has 3 nitrogen and oxygen atoms in total. The van der Waals surface area contributed by atoms with Crippen LogP contribution in [0.3, 0.4) is 0 Å². The minimum absolute atomic E-state index is 0.00824. The molecule has 1 atom stereocenters. The predicted molar refractivity (Wildman–Crippen MR) is 57.7 cm³/mol. The van der Waals surface area contributed by atoms with E-state index in [9.17, 15) is 8.42 Å². The van der Waals surface area contributed by atoms with Gasteiger partial charge in [-0.15, -0.1) is 0 Å². The van der Waals surface area contributed by atoms with Gasteiger partial charge in [0.25, 0.3) is 0 Å². The molecule has 0 bridgehead atoms. The van der Waals surface area contributed by atoms with Crippen molar-refractivity contribution in [2.24, 2.45) is 0 Å². The molecule has 15 heavy (non-hydrogen) atoms. The maximum atomic E-state index is 11.7. The van der Waals surface area contributed by atoms with Crippen LogP contribution in [0.5, 0.6) is 0 Å². The summed E-state index contributed by atoms with van der Waals surface area (Å²) in [5.41, 5.74) is 1.80. The van der Waals surface area contributed by atoms with Gasteiger partial charge in [-0.1, -0.05) is 19.1 Å². The van der Waals surface area contributed by atoms with Gasteiger partial charge in [-0.05, 0) is 23.6 Å². The summed E-state index contributed by atoms with van der Waals surface area (Å²) in [4.78, 5) is 0.459. The molecule has 1 unspecified atom stereocenters. The summed E-state index contributed by atoms with van der Waals surface area (Å²) in [6.45, 7) is 1.92. The fourth-order valence-electron chi connectivity index (χ4n) is 1.83. The second kappa shape index (κ2) is 3.61. The van der Waals surface area contributed by atoms with Crippen molar-refractivity contribution < 1.29 is 13.5 Å². The lowest BCUT2D eigenvalue weighted by Gasteiger charge is -2.09. The Morgan fingerprint density at radius 2 is 2.20 bits per heavy atom. The third kappa shape index (κ3) is 1.79. The van der Waals surface area contributed by atoms with E-state index in [1.165, 1.54) is 0 Å². The minimum atomic E-state index is -3.05. The third-order valence-corrected chi connectivity index (χ3v) is 4.70. The summed E-state index contributed by atoms with van der Waals surface area (Å²) in [5, 5.41) is 9.02. The predicted octanol–water partition coefficient (Wildman–Crippen LogP) is 1.11. The van der Waals surface area contributed by atoms with Crippen LogP contribution in [0.15, 0.2) is 23.1 Å². The molecule has 0 saturated heterocycles. The molecular weight excluding hydrogens is 212 g/mol. The lowest BCUT2D eigenvalue weighted by molar-refractivity contribution is 0.273.